The summed E-state index contributed by atoms with van der Waals surface area (Å²) in [4.78, 5) is 12.2. The first-order valence-electron chi connectivity index (χ1n) is 5.82. The van der Waals surface area contributed by atoms with Crippen LogP contribution in [0.15, 0.2) is 40.9 Å². The first kappa shape index (κ1) is 15.0. The number of ether oxygens (including phenoxy) is 1. The van der Waals surface area contributed by atoms with Gasteiger partial charge in [-0.25, -0.2) is 4.39 Å². The summed E-state index contributed by atoms with van der Waals surface area (Å²) >= 11 is 9.28. The van der Waals surface area contributed by atoms with E-state index < -0.39 is 5.82 Å². The van der Waals surface area contributed by atoms with Crippen LogP contribution in [0.4, 0.5) is 4.39 Å². The van der Waals surface area contributed by atoms with Crippen molar-refractivity contribution < 1.29 is 13.9 Å². The molecule has 0 spiro atoms. The van der Waals surface area contributed by atoms with Crippen LogP contribution in [-0.2, 0) is 6.42 Å². The maximum Gasteiger partial charge on any atom is 0.167 e. The maximum atomic E-state index is 13.2. The molecule has 0 saturated heterocycles. The van der Waals surface area contributed by atoms with Crippen molar-refractivity contribution in [2.24, 2.45) is 0 Å². The van der Waals surface area contributed by atoms with Gasteiger partial charge in [0.25, 0.3) is 0 Å². The molecule has 2 nitrogen and oxygen atoms in total. The molecule has 5 heteroatoms. The third-order valence-electron chi connectivity index (χ3n) is 2.83. The van der Waals surface area contributed by atoms with Crippen LogP contribution in [0.25, 0.3) is 0 Å². The van der Waals surface area contributed by atoms with Gasteiger partial charge in [-0.05, 0) is 57.9 Å². The molecular formula is C15H11BrClFO2. The van der Waals surface area contributed by atoms with E-state index in [1.807, 2.05) is 0 Å². The lowest BCUT2D eigenvalue weighted by atomic mass is 10.0. The minimum Gasteiger partial charge on any atom is -0.496 e. The molecule has 0 heterocycles. The zero-order chi connectivity index (χ0) is 14.7. The van der Waals surface area contributed by atoms with E-state index in [4.69, 9.17) is 16.3 Å². The smallest absolute Gasteiger partial charge is 0.167 e. The summed E-state index contributed by atoms with van der Waals surface area (Å²) < 4.78 is 19.0. The van der Waals surface area contributed by atoms with E-state index in [1.54, 1.807) is 25.3 Å². The standard InChI is InChI=1S/C15H11BrClFO2/c1-20-15-5-2-9(7-12(15)16)14(19)8-10-6-11(18)3-4-13(10)17/h2-7H,8H2,1H3. The van der Waals surface area contributed by atoms with E-state index in [9.17, 15) is 9.18 Å². The number of carbonyl (C=O) groups excluding carboxylic acids is 1. The van der Waals surface area contributed by atoms with Crippen LogP contribution in [0.5, 0.6) is 5.75 Å². The monoisotopic (exact) mass is 356 g/mol. The number of carbonyl (C=O) groups is 1. The molecule has 0 bridgehead atoms. The average Bonchev–Trinajstić information content (AvgIpc) is 2.42. The second kappa shape index (κ2) is 6.37. The Morgan fingerprint density at radius 2 is 2.05 bits per heavy atom. The van der Waals surface area contributed by atoms with Gasteiger partial charge in [0.2, 0.25) is 0 Å². The minimum atomic E-state index is -0.409. The van der Waals surface area contributed by atoms with Crippen molar-refractivity contribution in [1.29, 1.82) is 0 Å². The fraction of sp³-hybridized carbons (Fsp3) is 0.133. The molecule has 104 valence electrons. The molecule has 2 aromatic carbocycles. The lowest BCUT2D eigenvalue weighted by Crippen LogP contribution is -2.04. The van der Waals surface area contributed by atoms with Crippen LogP contribution < -0.4 is 4.74 Å². The van der Waals surface area contributed by atoms with Gasteiger partial charge in [0.05, 0.1) is 11.6 Å². The van der Waals surface area contributed by atoms with Crippen molar-refractivity contribution in [3.05, 3.63) is 62.8 Å². The number of rotatable bonds is 4. The summed E-state index contributed by atoms with van der Waals surface area (Å²) in [5.74, 6) is 0.0966. The third-order valence-corrected chi connectivity index (χ3v) is 3.82. The van der Waals surface area contributed by atoms with Crippen molar-refractivity contribution in [2.75, 3.05) is 7.11 Å². The van der Waals surface area contributed by atoms with E-state index in [-0.39, 0.29) is 12.2 Å². The van der Waals surface area contributed by atoms with E-state index in [0.717, 1.165) is 0 Å². The van der Waals surface area contributed by atoms with Gasteiger partial charge in [-0.1, -0.05) is 11.6 Å². The van der Waals surface area contributed by atoms with Crippen molar-refractivity contribution >= 4 is 33.3 Å². The Morgan fingerprint density at radius 1 is 1.30 bits per heavy atom. The molecule has 0 fully saturated rings. The lowest BCUT2D eigenvalue weighted by molar-refractivity contribution is 0.0993. The van der Waals surface area contributed by atoms with Gasteiger partial charge in [-0.2, -0.15) is 0 Å². The lowest BCUT2D eigenvalue weighted by Gasteiger charge is -2.07. The SMILES string of the molecule is COc1ccc(C(=O)Cc2cc(F)ccc2Cl)cc1Br. The van der Waals surface area contributed by atoms with E-state index in [2.05, 4.69) is 15.9 Å². The van der Waals surface area contributed by atoms with Crippen LogP contribution in [0.1, 0.15) is 15.9 Å². The van der Waals surface area contributed by atoms with Gasteiger partial charge in [-0.3, -0.25) is 4.79 Å². The second-order valence-corrected chi connectivity index (χ2v) is 5.45. The Hall–Kier alpha value is -1.39. The number of hydrogen-bond donors (Lipinski definition) is 0. The van der Waals surface area contributed by atoms with Gasteiger partial charge in [0.15, 0.2) is 5.78 Å². The second-order valence-electron chi connectivity index (χ2n) is 4.19. The average molecular weight is 358 g/mol. The van der Waals surface area contributed by atoms with Crippen LogP contribution in [-0.4, -0.2) is 12.9 Å². The molecule has 0 unspecified atom stereocenters. The number of benzene rings is 2. The molecule has 0 aliphatic rings. The van der Waals surface area contributed by atoms with Gasteiger partial charge >= 0.3 is 0 Å². The van der Waals surface area contributed by atoms with Crippen LogP contribution in [0.3, 0.4) is 0 Å². The Balaban J connectivity index is 2.24. The number of ketones is 1. The third kappa shape index (κ3) is 3.38. The predicted octanol–water partition coefficient (Wildman–Crippen LogP) is 4.68. The topological polar surface area (TPSA) is 26.3 Å². The Morgan fingerprint density at radius 3 is 2.70 bits per heavy atom. The quantitative estimate of drug-likeness (QED) is 0.743. The number of methoxy groups -OCH3 is 1. The highest BCUT2D eigenvalue weighted by molar-refractivity contribution is 9.10. The minimum absolute atomic E-state index is 0.0510. The van der Waals surface area contributed by atoms with Crippen LogP contribution in [0.2, 0.25) is 5.02 Å². The fourth-order valence-corrected chi connectivity index (χ4v) is 2.52. The molecule has 0 radical (unpaired) electrons. The summed E-state index contributed by atoms with van der Waals surface area (Å²) in [6.07, 6.45) is 0.0510. The van der Waals surface area contributed by atoms with Crippen molar-refractivity contribution in [3.8, 4) is 5.75 Å². The predicted molar refractivity (Wildman–Crippen MR) is 80.1 cm³/mol. The van der Waals surface area contributed by atoms with Crippen molar-refractivity contribution in [2.45, 2.75) is 6.42 Å². The summed E-state index contributed by atoms with van der Waals surface area (Å²) in [6.45, 7) is 0. The van der Waals surface area contributed by atoms with Crippen LogP contribution in [0, 0.1) is 5.82 Å². The molecule has 0 atom stereocenters. The largest absolute Gasteiger partial charge is 0.496 e. The number of halogens is 3. The Labute approximate surface area is 129 Å². The van der Waals surface area contributed by atoms with Crippen LogP contribution >= 0.6 is 27.5 Å². The molecule has 0 aromatic heterocycles. The summed E-state index contributed by atoms with van der Waals surface area (Å²) in [5.41, 5.74) is 0.988. The number of Topliss-reactive ketones (excluding diaryl/α,β-unsaturated/α-hetero) is 1. The number of hydrogen-bond acceptors (Lipinski definition) is 2. The van der Waals surface area contributed by atoms with E-state index in [1.165, 1.54) is 18.2 Å². The molecule has 0 N–H and O–H groups in total. The first-order valence-corrected chi connectivity index (χ1v) is 6.99. The van der Waals surface area contributed by atoms with E-state index in [0.29, 0.717) is 26.4 Å². The van der Waals surface area contributed by atoms with Gasteiger partial charge < -0.3 is 4.74 Å². The van der Waals surface area contributed by atoms with Gasteiger partial charge in [-0.15, -0.1) is 0 Å². The summed E-state index contributed by atoms with van der Waals surface area (Å²) in [7, 11) is 1.55. The summed E-state index contributed by atoms with van der Waals surface area (Å²) in [6, 6.07) is 9.03. The fourth-order valence-electron chi connectivity index (χ4n) is 1.79. The maximum absolute atomic E-state index is 13.2. The molecule has 0 aliphatic heterocycles. The van der Waals surface area contributed by atoms with Gasteiger partial charge in [0.1, 0.15) is 11.6 Å². The Kier molecular flexibility index (Phi) is 4.78. The van der Waals surface area contributed by atoms with Crippen molar-refractivity contribution in [3.63, 3.8) is 0 Å². The summed E-state index contributed by atoms with van der Waals surface area (Å²) in [5, 5.41) is 0.382. The highest BCUT2D eigenvalue weighted by atomic mass is 79.9. The highest BCUT2D eigenvalue weighted by Crippen LogP contribution is 2.26. The zero-order valence-corrected chi connectivity index (χ0v) is 13.0. The van der Waals surface area contributed by atoms with E-state index >= 15 is 0 Å². The zero-order valence-electron chi connectivity index (χ0n) is 10.6. The Bertz CT molecular complexity index is 658. The molecular weight excluding hydrogens is 347 g/mol. The molecule has 2 rings (SSSR count). The molecule has 2 aromatic rings. The molecule has 0 saturated carbocycles. The first-order chi connectivity index (χ1) is 9.51. The molecule has 0 amide bonds. The highest BCUT2D eigenvalue weighted by Gasteiger charge is 2.12. The molecule has 0 aliphatic carbocycles. The van der Waals surface area contributed by atoms with Crippen molar-refractivity contribution in [1.82, 2.24) is 0 Å². The normalized spacial score (nSPS) is 10.4. The van der Waals surface area contributed by atoms with Gasteiger partial charge in [0, 0.05) is 17.0 Å². The molecule has 20 heavy (non-hydrogen) atoms.